The fraction of sp³-hybridized carbons (Fsp3) is 0.414. The highest BCUT2D eigenvalue weighted by molar-refractivity contribution is 7.99. The Balaban J connectivity index is 1.22. The molecule has 3 aliphatic heterocycles. The van der Waals surface area contributed by atoms with Crippen molar-refractivity contribution in [3.8, 4) is 22.8 Å². The van der Waals surface area contributed by atoms with Crippen LogP contribution in [-0.4, -0.2) is 88.8 Å². The number of rotatable bonds is 8. The van der Waals surface area contributed by atoms with Crippen LogP contribution in [0, 0.1) is 0 Å². The summed E-state index contributed by atoms with van der Waals surface area (Å²) in [5.41, 5.74) is 3.41. The fourth-order valence-electron chi connectivity index (χ4n) is 5.25. The Morgan fingerprint density at radius 3 is 2.59 bits per heavy atom. The zero-order valence-electron chi connectivity index (χ0n) is 22.1. The Kier molecular flexibility index (Phi) is 8.08. The molecule has 2 saturated heterocycles. The van der Waals surface area contributed by atoms with Gasteiger partial charge in [0, 0.05) is 62.8 Å². The number of para-hydroxylation sites is 1. The van der Waals surface area contributed by atoms with Crippen LogP contribution in [0.2, 0.25) is 0 Å². The number of anilines is 2. The molecule has 2 aromatic carbocycles. The molecule has 3 aliphatic rings. The second kappa shape index (κ2) is 12.0. The van der Waals surface area contributed by atoms with E-state index in [-0.39, 0.29) is 11.6 Å². The number of benzene rings is 2. The Hall–Kier alpha value is -3.02. The monoisotopic (exact) mass is 550 g/mol. The number of hydrogen-bond acceptors (Lipinski definition) is 9. The van der Waals surface area contributed by atoms with Crippen LogP contribution < -0.4 is 20.5 Å². The number of fused-ring (bicyclic) bond motifs is 2. The zero-order valence-corrected chi connectivity index (χ0v) is 22.9. The fourth-order valence-corrected chi connectivity index (χ4v) is 6.28. The first-order valence-electron chi connectivity index (χ1n) is 13.4. The lowest BCUT2D eigenvalue weighted by molar-refractivity contribution is 0.0319. The minimum atomic E-state index is -0.131. The van der Waals surface area contributed by atoms with Gasteiger partial charge < -0.3 is 34.1 Å². The lowest BCUT2D eigenvalue weighted by atomic mass is 10.1. The molecule has 0 spiro atoms. The molecule has 1 atom stereocenters. The predicted octanol–water partition coefficient (Wildman–Crippen LogP) is 3.89. The maximum Gasteiger partial charge on any atom is 0.250 e. The maximum absolute atomic E-state index is 12.6. The molecule has 6 rings (SSSR count). The minimum Gasteiger partial charge on any atom is -0.454 e. The summed E-state index contributed by atoms with van der Waals surface area (Å²) in [5.74, 6) is 1.56. The van der Waals surface area contributed by atoms with E-state index in [9.17, 15) is 4.79 Å². The van der Waals surface area contributed by atoms with E-state index in [0.717, 1.165) is 89.9 Å². The molecule has 9 nitrogen and oxygen atoms in total. The van der Waals surface area contributed by atoms with Crippen molar-refractivity contribution >= 4 is 23.1 Å². The smallest absolute Gasteiger partial charge is 0.250 e. The van der Waals surface area contributed by atoms with Gasteiger partial charge in [0.25, 0.3) is 0 Å². The SMILES string of the molecule is COCC(CN1CCOCC1)Nc1ccc2c(c1)Sc1cccc(-c3cc(N4CCOCC4)cc(=O)[nH]3)c1O2. The summed E-state index contributed by atoms with van der Waals surface area (Å²) in [6.45, 7) is 7.81. The summed E-state index contributed by atoms with van der Waals surface area (Å²) in [6.07, 6.45) is 0. The summed E-state index contributed by atoms with van der Waals surface area (Å²) in [4.78, 5) is 22.3. The molecular weight excluding hydrogens is 516 g/mol. The van der Waals surface area contributed by atoms with Crippen LogP contribution in [0.5, 0.6) is 11.5 Å². The first kappa shape index (κ1) is 26.2. The molecule has 0 radical (unpaired) electrons. The third-order valence-electron chi connectivity index (χ3n) is 7.17. The number of aromatic nitrogens is 1. The van der Waals surface area contributed by atoms with E-state index in [4.69, 9.17) is 18.9 Å². The molecular formula is C29H34N4O5S. The first-order valence-corrected chi connectivity index (χ1v) is 14.2. The summed E-state index contributed by atoms with van der Waals surface area (Å²) in [6, 6.07) is 16.1. The normalized spacial score (nSPS) is 18.1. The van der Waals surface area contributed by atoms with Gasteiger partial charge >= 0.3 is 0 Å². The molecule has 39 heavy (non-hydrogen) atoms. The van der Waals surface area contributed by atoms with Crippen molar-refractivity contribution in [1.29, 1.82) is 0 Å². The second-order valence-electron chi connectivity index (χ2n) is 9.92. The molecule has 2 fully saturated rings. The van der Waals surface area contributed by atoms with E-state index in [1.165, 1.54) is 0 Å². The third kappa shape index (κ3) is 6.10. The van der Waals surface area contributed by atoms with E-state index in [1.54, 1.807) is 24.9 Å². The largest absolute Gasteiger partial charge is 0.454 e. The van der Waals surface area contributed by atoms with Gasteiger partial charge in [-0.2, -0.15) is 0 Å². The van der Waals surface area contributed by atoms with Crippen molar-refractivity contribution in [2.75, 3.05) is 83.1 Å². The standard InChI is InChI=1S/C29H34N4O5S/c1-35-19-21(18-32-7-11-36-12-8-32)30-20-5-6-25-27(15-20)39-26-4-2-3-23(29(26)38-25)24-16-22(17-28(34)31-24)33-9-13-37-14-10-33/h2-6,15-17,21,30H,7-14,18-19H2,1H3,(H,31,34). The molecule has 0 saturated carbocycles. The average Bonchev–Trinajstić information content (AvgIpc) is 2.96. The van der Waals surface area contributed by atoms with Crippen LogP contribution in [0.1, 0.15) is 0 Å². The van der Waals surface area contributed by atoms with Crippen molar-refractivity contribution in [2.45, 2.75) is 15.8 Å². The Morgan fingerprint density at radius 2 is 1.79 bits per heavy atom. The van der Waals surface area contributed by atoms with Crippen molar-refractivity contribution < 1.29 is 18.9 Å². The number of pyridine rings is 1. The van der Waals surface area contributed by atoms with Crippen LogP contribution in [0.25, 0.3) is 11.3 Å². The maximum atomic E-state index is 12.6. The van der Waals surface area contributed by atoms with Crippen LogP contribution in [0.3, 0.4) is 0 Å². The Morgan fingerprint density at radius 1 is 1.00 bits per heavy atom. The number of H-pyrrole nitrogens is 1. The Labute approximate surface area is 232 Å². The molecule has 206 valence electrons. The summed E-state index contributed by atoms with van der Waals surface area (Å²) in [5, 5.41) is 3.65. The minimum absolute atomic E-state index is 0.131. The van der Waals surface area contributed by atoms with Crippen LogP contribution >= 0.6 is 11.8 Å². The molecule has 2 N–H and O–H groups in total. The highest BCUT2D eigenvalue weighted by Gasteiger charge is 2.24. The van der Waals surface area contributed by atoms with Crippen molar-refractivity contribution in [3.05, 3.63) is 58.9 Å². The highest BCUT2D eigenvalue weighted by atomic mass is 32.2. The van der Waals surface area contributed by atoms with Crippen LogP contribution in [0.4, 0.5) is 11.4 Å². The quantitative estimate of drug-likeness (QED) is 0.339. The third-order valence-corrected chi connectivity index (χ3v) is 8.25. The molecule has 3 aromatic rings. The van der Waals surface area contributed by atoms with Crippen molar-refractivity contribution in [1.82, 2.24) is 9.88 Å². The molecule has 1 unspecified atom stereocenters. The van der Waals surface area contributed by atoms with Crippen LogP contribution in [0.15, 0.2) is 63.1 Å². The molecule has 4 heterocycles. The Bertz CT molecular complexity index is 1350. The summed E-state index contributed by atoms with van der Waals surface area (Å²) < 4.78 is 22.9. The predicted molar refractivity (Wildman–Crippen MR) is 153 cm³/mol. The average molecular weight is 551 g/mol. The van der Waals surface area contributed by atoms with E-state index >= 15 is 0 Å². The van der Waals surface area contributed by atoms with E-state index in [0.29, 0.717) is 19.8 Å². The number of hydrogen-bond donors (Lipinski definition) is 2. The molecule has 10 heteroatoms. The number of nitrogens with one attached hydrogen (secondary N) is 2. The lowest BCUT2D eigenvalue weighted by Crippen LogP contribution is -2.44. The van der Waals surface area contributed by atoms with Gasteiger partial charge in [0.1, 0.15) is 5.75 Å². The van der Waals surface area contributed by atoms with E-state index in [1.807, 2.05) is 24.3 Å². The first-order chi connectivity index (χ1) is 19.2. The second-order valence-corrected chi connectivity index (χ2v) is 11.0. The topological polar surface area (TPSA) is 88.3 Å². The van der Waals surface area contributed by atoms with E-state index in [2.05, 4.69) is 38.3 Å². The number of aromatic amines is 1. The van der Waals surface area contributed by atoms with Gasteiger partial charge in [0.15, 0.2) is 5.75 Å². The number of methoxy groups -OCH3 is 1. The number of ether oxygens (including phenoxy) is 4. The van der Waals surface area contributed by atoms with Crippen molar-refractivity contribution in [3.63, 3.8) is 0 Å². The number of morpholine rings is 2. The van der Waals surface area contributed by atoms with Gasteiger partial charge in [-0.25, -0.2) is 0 Å². The lowest BCUT2D eigenvalue weighted by Gasteiger charge is -2.31. The van der Waals surface area contributed by atoms with Crippen LogP contribution in [-0.2, 0) is 14.2 Å². The van der Waals surface area contributed by atoms with Gasteiger partial charge in [-0.1, -0.05) is 17.8 Å². The molecule has 0 aliphatic carbocycles. The molecule has 0 bridgehead atoms. The number of nitrogens with zero attached hydrogens (tertiary/aromatic N) is 2. The van der Waals surface area contributed by atoms with Gasteiger partial charge in [-0.05, 0) is 36.4 Å². The van der Waals surface area contributed by atoms with Gasteiger partial charge in [-0.3, -0.25) is 9.69 Å². The van der Waals surface area contributed by atoms with E-state index < -0.39 is 0 Å². The summed E-state index contributed by atoms with van der Waals surface area (Å²) in [7, 11) is 1.74. The van der Waals surface area contributed by atoms with Gasteiger partial charge in [0.2, 0.25) is 5.56 Å². The molecule has 0 amide bonds. The molecule has 1 aromatic heterocycles. The summed E-state index contributed by atoms with van der Waals surface area (Å²) >= 11 is 1.68. The van der Waals surface area contributed by atoms with Gasteiger partial charge in [-0.15, -0.1) is 0 Å². The van der Waals surface area contributed by atoms with Gasteiger partial charge in [0.05, 0.1) is 54.6 Å². The van der Waals surface area contributed by atoms with Crippen molar-refractivity contribution in [2.24, 2.45) is 0 Å². The zero-order chi connectivity index (χ0) is 26.6. The highest BCUT2D eigenvalue weighted by Crippen LogP contribution is 2.51.